The molecule has 0 bridgehead atoms. The lowest BCUT2D eigenvalue weighted by molar-refractivity contribution is 1.16. The number of hydrogen-bond donors (Lipinski definition) is 1. The maximum Gasteiger partial charge on any atom is 0.139 e. The number of nitrogens with zero attached hydrogens (tertiary/aromatic N) is 1. The highest BCUT2D eigenvalue weighted by molar-refractivity contribution is 7.71. The quantitative estimate of drug-likeness (QED) is 0.683. The van der Waals surface area contributed by atoms with Crippen molar-refractivity contribution in [1.82, 2.24) is 9.97 Å². The Bertz CT molecular complexity index is 791. The zero-order chi connectivity index (χ0) is 13.9. The van der Waals surface area contributed by atoms with Crippen molar-refractivity contribution in [3.63, 3.8) is 0 Å². The van der Waals surface area contributed by atoms with E-state index in [1.54, 1.807) is 0 Å². The molecule has 0 amide bonds. The Kier molecular flexibility index (Phi) is 3.44. The first-order chi connectivity index (χ1) is 9.72. The first kappa shape index (κ1) is 12.8. The zero-order valence-electron chi connectivity index (χ0n) is 11.1. The minimum atomic E-state index is 0.596. The topological polar surface area (TPSA) is 28.7 Å². The molecule has 0 radical (unpaired) electrons. The van der Waals surface area contributed by atoms with Crippen molar-refractivity contribution in [2.24, 2.45) is 0 Å². The highest BCUT2D eigenvalue weighted by atomic mass is 32.1. The van der Waals surface area contributed by atoms with Gasteiger partial charge < -0.3 is 4.98 Å². The monoisotopic (exact) mass is 278 g/mol. The summed E-state index contributed by atoms with van der Waals surface area (Å²) in [6.45, 7) is 2.08. The van der Waals surface area contributed by atoms with Crippen LogP contribution >= 0.6 is 12.2 Å². The lowest BCUT2D eigenvalue weighted by Gasteiger charge is -2.07. The van der Waals surface area contributed by atoms with E-state index in [0.717, 1.165) is 22.6 Å². The van der Waals surface area contributed by atoms with Gasteiger partial charge in [0.05, 0.1) is 0 Å². The molecule has 20 heavy (non-hydrogen) atoms. The molecular weight excluding hydrogens is 264 g/mol. The molecule has 0 saturated heterocycles. The third-order valence-corrected chi connectivity index (χ3v) is 3.33. The van der Waals surface area contributed by atoms with Crippen molar-refractivity contribution < 1.29 is 0 Å². The van der Waals surface area contributed by atoms with Crippen molar-refractivity contribution in [2.75, 3.05) is 0 Å². The van der Waals surface area contributed by atoms with Crippen LogP contribution in [0.2, 0.25) is 0 Å². The van der Waals surface area contributed by atoms with Gasteiger partial charge >= 0.3 is 0 Å². The highest BCUT2D eigenvalue weighted by Gasteiger charge is 2.04. The number of nitrogens with one attached hydrogen (secondary N) is 1. The van der Waals surface area contributed by atoms with Gasteiger partial charge in [-0.25, -0.2) is 4.98 Å². The van der Waals surface area contributed by atoms with Crippen molar-refractivity contribution in [3.8, 4) is 22.6 Å². The SMILES string of the molecule is Cc1cccc(-c2cc(=S)nc(-c3ccccc3)[nH]2)c1. The highest BCUT2D eigenvalue weighted by Crippen LogP contribution is 2.22. The van der Waals surface area contributed by atoms with Gasteiger partial charge in [-0.2, -0.15) is 0 Å². The lowest BCUT2D eigenvalue weighted by atomic mass is 10.1. The lowest BCUT2D eigenvalue weighted by Crippen LogP contribution is -1.93. The van der Waals surface area contributed by atoms with Crippen molar-refractivity contribution in [2.45, 2.75) is 6.92 Å². The molecule has 3 aromatic rings. The Morgan fingerprint density at radius 2 is 1.65 bits per heavy atom. The Morgan fingerprint density at radius 3 is 2.40 bits per heavy atom. The summed E-state index contributed by atoms with van der Waals surface area (Å²) in [5.41, 5.74) is 4.37. The predicted molar refractivity (Wildman–Crippen MR) is 85.0 cm³/mol. The minimum Gasteiger partial charge on any atom is -0.339 e. The summed E-state index contributed by atoms with van der Waals surface area (Å²) in [5.74, 6) is 0.801. The first-order valence-electron chi connectivity index (χ1n) is 6.46. The van der Waals surface area contributed by atoms with E-state index < -0.39 is 0 Å². The van der Waals surface area contributed by atoms with Crippen molar-refractivity contribution >= 4 is 12.2 Å². The molecule has 0 atom stereocenters. The second kappa shape index (κ2) is 5.39. The van der Waals surface area contributed by atoms with E-state index >= 15 is 0 Å². The van der Waals surface area contributed by atoms with Crippen LogP contribution in [-0.4, -0.2) is 9.97 Å². The van der Waals surface area contributed by atoms with Gasteiger partial charge in [-0.1, -0.05) is 66.3 Å². The zero-order valence-corrected chi connectivity index (χ0v) is 11.9. The molecule has 0 fully saturated rings. The second-order valence-corrected chi connectivity index (χ2v) is 5.14. The molecule has 1 heterocycles. The molecule has 98 valence electrons. The fourth-order valence-electron chi connectivity index (χ4n) is 2.16. The molecule has 0 saturated carbocycles. The first-order valence-corrected chi connectivity index (χ1v) is 6.87. The van der Waals surface area contributed by atoms with Crippen LogP contribution in [0.1, 0.15) is 5.56 Å². The summed E-state index contributed by atoms with van der Waals surface area (Å²) in [5, 5.41) is 0. The third kappa shape index (κ3) is 2.68. The Hall–Kier alpha value is -2.26. The molecule has 0 aliphatic rings. The van der Waals surface area contributed by atoms with Gasteiger partial charge in [0.25, 0.3) is 0 Å². The number of aryl methyl sites for hydroxylation is 1. The smallest absolute Gasteiger partial charge is 0.139 e. The van der Waals surface area contributed by atoms with Gasteiger partial charge in [0.15, 0.2) is 0 Å². The fourth-order valence-corrected chi connectivity index (χ4v) is 2.37. The van der Waals surface area contributed by atoms with E-state index in [0.29, 0.717) is 4.64 Å². The minimum absolute atomic E-state index is 0.596. The Morgan fingerprint density at radius 1 is 0.900 bits per heavy atom. The fraction of sp³-hybridized carbons (Fsp3) is 0.0588. The van der Waals surface area contributed by atoms with Crippen LogP contribution < -0.4 is 0 Å². The van der Waals surface area contributed by atoms with Gasteiger partial charge in [-0.15, -0.1) is 0 Å². The summed E-state index contributed by atoms with van der Waals surface area (Å²) in [6.07, 6.45) is 0. The van der Waals surface area contributed by atoms with Crippen molar-refractivity contribution in [1.29, 1.82) is 0 Å². The average Bonchev–Trinajstić information content (AvgIpc) is 2.47. The number of benzene rings is 2. The summed E-state index contributed by atoms with van der Waals surface area (Å²) in [4.78, 5) is 7.78. The number of rotatable bonds is 2. The van der Waals surface area contributed by atoms with Crippen LogP contribution in [0, 0.1) is 11.6 Å². The number of hydrogen-bond acceptors (Lipinski definition) is 2. The molecule has 0 aliphatic heterocycles. The number of aromatic amines is 1. The van der Waals surface area contributed by atoms with E-state index in [9.17, 15) is 0 Å². The molecule has 1 aromatic heterocycles. The normalized spacial score (nSPS) is 10.4. The molecule has 2 aromatic carbocycles. The van der Waals surface area contributed by atoms with Crippen LogP contribution in [0.4, 0.5) is 0 Å². The Labute approximate surface area is 123 Å². The van der Waals surface area contributed by atoms with Gasteiger partial charge in [-0.05, 0) is 24.6 Å². The standard InChI is InChI=1S/C17H14N2S/c1-12-6-5-9-14(10-12)15-11-16(20)19-17(18-15)13-7-3-2-4-8-13/h2-11H,1H3,(H,18,19,20). The second-order valence-electron chi connectivity index (χ2n) is 4.72. The maximum absolute atomic E-state index is 5.29. The van der Waals surface area contributed by atoms with Crippen LogP contribution in [0.5, 0.6) is 0 Å². The molecule has 0 aliphatic carbocycles. The van der Waals surface area contributed by atoms with Crippen LogP contribution in [-0.2, 0) is 0 Å². The van der Waals surface area contributed by atoms with Gasteiger partial charge in [0.2, 0.25) is 0 Å². The van der Waals surface area contributed by atoms with E-state index in [1.807, 2.05) is 42.5 Å². The van der Waals surface area contributed by atoms with Crippen molar-refractivity contribution in [3.05, 3.63) is 70.9 Å². The molecule has 0 spiro atoms. The summed E-state index contributed by atoms with van der Waals surface area (Å²) < 4.78 is 0.596. The summed E-state index contributed by atoms with van der Waals surface area (Å²) in [6, 6.07) is 20.3. The summed E-state index contributed by atoms with van der Waals surface area (Å²) in [7, 11) is 0. The number of aromatic nitrogens is 2. The van der Waals surface area contributed by atoms with Gasteiger partial charge in [0.1, 0.15) is 10.5 Å². The van der Waals surface area contributed by atoms with Gasteiger partial charge in [0, 0.05) is 11.3 Å². The average molecular weight is 278 g/mol. The Balaban J connectivity index is 2.15. The predicted octanol–water partition coefficient (Wildman–Crippen LogP) is 4.78. The molecule has 2 nitrogen and oxygen atoms in total. The van der Waals surface area contributed by atoms with Crippen LogP contribution in [0.15, 0.2) is 60.7 Å². The van der Waals surface area contributed by atoms with E-state index in [-0.39, 0.29) is 0 Å². The largest absolute Gasteiger partial charge is 0.339 e. The van der Waals surface area contributed by atoms with Gasteiger partial charge in [-0.3, -0.25) is 0 Å². The third-order valence-electron chi connectivity index (χ3n) is 3.12. The molecule has 1 N–H and O–H groups in total. The summed E-state index contributed by atoms with van der Waals surface area (Å²) >= 11 is 5.29. The number of H-pyrrole nitrogens is 1. The van der Waals surface area contributed by atoms with E-state index in [1.165, 1.54) is 5.56 Å². The molecule has 3 rings (SSSR count). The van der Waals surface area contributed by atoms with E-state index in [2.05, 4.69) is 35.1 Å². The van der Waals surface area contributed by atoms with Crippen LogP contribution in [0.25, 0.3) is 22.6 Å². The van der Waals surface area contributed by atoms with E-state index in [4.69, 9.17) is 12.2 Å². The van der Waals surface area contributed by atoms with Crippen LogP contribution in [0.3, 0.4) is 0 Å². The molecule has 3 heteroatoms. The molecular formula is C17H14N2S. The molecule has 0 unspecified atom stereocenters. The maximum atomic E-state index is 5.29.